The molecule has 0 aliphatic heterocycles. The molecule has 1 nitrogen and oxygen atoms in total. The maximum Gasteiger partial charge on any atom is 0.0427 e. The van der Waals surface area contributed by atoms with Crippen LogP contribution in [0.15, 0.2) is 45.6 Å². The van der Waals surface area contributed by atoms with E-state index in [-0.39, 0.29) is 0 Å². The Kier molecular flexibility index (Phi) is 7.55. The highest BCUT2D eigenvalue weighted by molar-refractivity contribution is 5.86. The summed E-state index contributed by atoms with van der Waals surface area (Å²) in [6.45, 7) is 14.8. The van der Waals surface area contributed by atoms with Crippen molar-refractivity contribution in [3.63, 3.8) is 0 Å². The van der Waals surface area contributed by atoms with Crippen molar-refractivity contribution in [3.05, 3.63) is 57.3 Å². The fourth-order valence-corrected chi connectivity index (χ4v) is 2.16. The third-order valence-electron chi connectivity index (χ3n) is 3.98. The standard InChI is InChI=1S/C22H29N/c1-8-18(6)21(15-23-22(9-2)16(3)4)13-12-20-14-17(5)10-11-19(20)7/h10-11,14-15H,8-9H2,1-7H3/b21-18+,23-15-. The number of aryl methyl sites for hydroxylation is 2. The summed E-state index contributed by atoms with van der Waals surface area (Å²) < 4.78 is 0. The number of aliphatic imine (C=N–C) groups is 1. The van der Waals surface area contributed by atoms with Crippen LogP contribution in [0.3, 0.4) is 0 Å². The molecule has 0 aliphatic rings. The van der Waals surface area contributed by atoms with E-state index in [1.807, 2.05) is 6.21 Å². The molecule has 1 heteroatoms. The molecule has 0 heterocycles. The minimum absolute atomic E-state index is 0.946. The van der Waals surface area contributed by atoms with E-state index in [4.69, 9.17) is 0 Å². The van der Waals surface area contributed by atoms with Crippen LogP contribution in [0.25, 0.3) is 0 Å². The van der Waals surface area contributed by atoms with Crippen molar-refractivity contribution < 1.29 is 0 Å². The van der Waals surface area contributed by atoms with Crippen molar-refractivity contribution in [1.29, 1.82) is 0 Å². The first-order valence-corrected chi connectivity index (χ1v) is 8.38. The molecule has 0 radical (unpaired) electrons. The maximum atomic E-state index is 4.66. The van der Waals surface area contributed by atoms with Gasteiger partial charge in [-0.15, -0.1) is 0 Å². The van der Waals surface area contributed by atoms with Gasteiger partial charge in [-0.1, -0.05) is 49.0 Å². The van der Waals surface area contributed by atoms with E-state index in [0.717, 1.165) is 29.7 Å². The van der Waals surface area contributed by atoms with Gasteiger partial charge in [0.25, 0.3) is 0 Å². The van der Waals surface area contributed by atoms with Gasteiger partial charge in [0.15, 0.2) is 0 Å². The van der Waals surface area contributed by atoms with E-state index in [2.05, 4.69) is 83.5 Å². The minimum atomic E-state index is 0.946. The van der Waals surface area contributed by atoms with E-state index < -0.39 is 0 Å². The molecule has 0 saturated heterocycles. The summed E-state index contributed by atoms with van der Waals surface area (Å²) in [5, 5.41) is 0. The molecule has 0 unspecified atom stereocenters. The fraction of sp³-hybridized carbons (Fsp3) is 0.409. The van der Waals surface area contributed by atoms with Crippen molar-refractivity contribution in [2.45, 2.75) is 61.3 Å². The van der Waals surface area contributed by atoms with Crippen LogP contribution >= 0.6 is 0 Å². The van der Waals surface area contributed by atoms with Crippen LogP contribution < -0.4 is 0 Å². The van der Waals surface area contributed by atoms with Crippen molar-refractivity contribution in [1.82, 2.24) is 0 Å². The molecule has 1 aromatic rings. The molecule has 0 N–H and O–H groups in total. The molecule has 0 aliphatic carbocycles. The molecule has 0 atom stereocenters. The number of hydrogen-bond donors (Lipinski definition) is 0. The average Bonchev–Trinajstić information content (AvgIpc) is 2.52. The van der Waals surface area contributed by atoms with Crippen molar-refractivity contribution in [2.75, 3.05) is 0 Å². The number of hydrogen-bond acceptors (Lipinski definition) is 1. The van der Waals surface area contributed by atoms with Gasteiger partial charge >= 0.3 is 0 Å². The summed E-state index contributed by atoms with van der Waals surface area (Å²) in [5.41, 5.74) is 8.25. The van der Waals surface area contributed by atoms with Crippen LogP contribution in [-0.2, 0) is 0 Å². The van der Waals surface area contributed by atoms with Crippen LogP contribution in [0.5, 0.6) is 0 Å². The molecule has 0 bridgehead atoms. The zero-order chi connectivity index (χ0) is 17.4. The first kappa shape index (κ1) is 19.0. The lowest BCUT2D eigenvalue weighted by Gasteiger charge is -2.03. The Hall–Kier alpha value is -2.07. The highest BCUT2D eigenvalue weighted by Gasteiger charge is 1.99. The quantitative estimate of drug-likeness (QED) is 0.467. The van der Waals surface area contributed by atoms with E-state index in [1.54, 1.807) is 0 Å². The monoisotopic (exact) mass is 307 g/mol. The van der Waals surface area contributed by atoms with Gasteiger partial charge in [0, 0.05) is 23.0 Å². The predicted octanol–water partition coefficient (Wildman–Crippen LogP) is 6.16. The van der Waals surface area contributed by atoms with Gasteiger partial charge in [0.05, 0.1) is 0 Å². The zero-order valence-corrected chi connectivity index (χ0v) is 15.7. The van der Waals surface area contributed by atoms with Crippen molar-refractivity contribution in [2.24, 2.45) is 4.99 Å². The topological polar surface area (TPSA) is 12.4 Å². The molecule has 1 aromatic carbocycles. The molecule has 0 amide bonds. The van der Waals surface area contributed by atoms with Crippen molar-refractivity contribution >= 4 is 6.21 Å². The van der Waals surface area contributed by atoms with E-state index >= 15 is 0 Å². The van der Waals surface area contributed by atoms with Crippen LogP contribution in [0.2, 0.25) is 0 Å². The first-order valence-electron chi connectivity index (χ1n) is 8.38. The Morgan fingerprint density at radius 1 is 1.09 bits per heavy atom. The third kappa shape index (κ3) is 5.91. The number of allylic oxidation sites excluding steroid dienone is 4. The number of nitrogens with zero attached hydrogens (tertiary/aromatic N) is 1. The SMILES string of the molecule is CCC(/N=C\C(C#Cc1cc(C)ccc1C)=C(/C)CC)=C(C)C. The van der Waals surface area contributed by atoms with Gasteiger partial charge < -0.3 is 0 Å². The number of rotatable bonds is 4. The van der Waals surface area contributed by atoms with Crippen LogP contribution in [0.4, 0.5) is 0 Å². The minimum Gasteiger partial charge on any atom is -0.260 e. The van der Waals surface area contributed by atoms with Crippen LogP contribution in [-0.4, -0.2) is 6.21 Å². The zero-order valence-electron chi connectivity index (χ0n) is 15.7. The van der Waals surface area contributed by atoms with Gasteiger partial charge in [-0.2, -0.15) is 0 Å². The molecule has 0 fully saturated rings. The van der Waals surface area contributed by atoms with Gasteiger partial charge in [0.1, 0.15) is 0 Å². The molecule has 0 saturated carbocycles. The third-order valence-corrected chi connectivity index (χ3v) is 3.98. The van der Waals surface area contributed by atoms with Gasteiger partial charge in [-0.3, -0.25) is 4.99 Å². The Morgan fingerprint density at radius 2 is 1.78 bits per heavy atom. The van der Waals surface area contributed by atoms with Gasteiger partial charge in [0.2, 0.25) is 0 Å². The second-order valence-corrected chi connectivity index (χ2v) is 6.17. The van der Waals surface area contributed by atoms with Crippen LogP contribution in [0.1, 0.15) is 64.2 Å². The first-order chi connectivity index (χ1) is 10.9. The summed E-state index contributed by atoms with van der Waals surface area (Å²) in [7, 11) is 0. The summed E-state index contributed by atoms with van der Waals surface area (Å²) in [6, 6.07) is 6.40. The Balaban J connectivity index is 3.22. The molecular weight excluding hydrogens is 278 g/mol. The summed E-state index contributed by atoms with van der Waals surface area (Å²) in [4.78, 5) is 4.66. The highest BCUT2D eigenvalue weighted by atomic mass is 14.7. The Labute approximate surface area is 142 Å². The summed E-state index contributed by atoms with van der Waals surface area (Å²) in [5.74, 6) is 6.66. The predicted molar refractivity (Wildman–Crippen MR) is 103 cm³/mol. The summed E-state index contributed by atoms with van der Waals surface area (Å²) >= 11 is 0. The molecule has 0 spiro atoms. The van der Waals surface area contributed by atoms with E-state index in [9.17, 15) is 0 Å². The lowest BCUT2D eigenvalue weighted by molar-refractivity contribution is 1.03. The highest BCUT2D eigenvalue weighted by Crippen LogP contribution is 2.13. The second-order valence-electron chi connectivity index (χ2n) is 6.17. The number of benzene rings is 1. The largest absolute Gasteiger partial charge is 0.260 e. The van der Waals surface area contributed by atoms with Crippen molar-refractivity contribution in [3.8, 4) is 11.8 Å². The molecule has 23 heavy (non-hydrogen) atoms. The normalized spacial score (nSPS) is 11.8. The lowest BCUT2D eigenvalue weighted by Crippen LogP contribution is -1.91. The second kappa shape index (κ2) is 9.16. The van der Waals surface area contributed by atoms with Gasteiger partial charge in [-0.05, 0) is 64.7 Å². The lowest BCUT2D eigenvalue weighted by atomic mass is 10.0. The Morgan fingerprint density at radius 3 is 2.35 bits per heavy atom. The smallest absolute Gasteiger partial charge is 0.0427 e. The van der Waals surface area contributed by atoms with Gasteiger partial charge in [-0.25, -0.2) is 0 Å². The average molecular weight is 307 g/mol. The van der Waals surface area contributed by atoms with Crippen LogP contribution in [0, 0.1) is 25.7 Å². The van der Waals surface area contributed by atoms with E-state index in [0.29, 0.717) is 0 Å². The maximum absolute atomic E-state index is 4.66. The molecule has 122 valence electrons. The molecular formula is C22H29N. The fourth-order valence-electron chi connectivity index (χ4n) is 2.16. The van der Waals surface area contributed by atoms with E-state index in [1.165, 1.54) is 22.3 Å². The summed E-state index contributed by atoms with van der Waals surface area (Å²) in [6.07, 6.45) is 3.86. The Bertz CT molecular complexity index is 699. The molecule has 0 aromatic heterocycles. The molecule has 1 rings (SSSR count).